The Bertz CT molecular complexity index is 262. The highest BCUT2D eigenvalue weighted by atomic mass is 16.4. The van der Waals surface area contributed by atoms with E-state index in [0.29, 0.717) is 6.42 Å². The van der Waals surface area contributed by atoms with Gasteiger partial charge >= 0.3 is 0 Å². The Morgan fingerprint density at radius 1 is 1.33 bits per heavy atom. The fourth-order valence-corrected chi connectivity index (χ4v) is 0.895. The number of aliphatic imine (C=N–C) groups is 1. The van der Waals surface area contributed by atoms with Gasteiger partial charge in [0.05, 0.1) is 12.0 Å². The summed E-state index contributed by atoms with van der Waals surface area (Å²) in [5.74, 6) is -1.61. The first kappa shape index (κ1) is 13.0. The number of carbonyl (C=O) groups is 2. The van der Waals surface area contributed by atoms with Crippen molar-refractivity contribution in [3.8, 4) is 0 Å². The summed E-state index contributed by atoms with van der Waals surface area (Å²) in [4.78, 5) is 24.1. The summed E-state index contributed by atoms with van der Waals surface area (Å²) in [7, 11) is 0. The molecule has 0 aliphatic rings. The number of aliphatic carboxylic acids is 1. The third-order valence-electron chi connectivity index (χ3n) is 1.52. The minimum absolute atomic E-state index is 0.0348. The Kier molecular flexibility index (Phi) is 5.60. The summed E-state index contributed by atoms with van der Waals surface area (Å²) in [5, 5.41) is 22.2. The van der Waals surface area contributed by atoms with Crippen LogP contribution in [0.2, 0.25) is 0 Å². The Morgan fingerprint density at radius 3 is 2.33 bits per heavy atom. The normalized spacial score (nSPS) is 11.5. The van der Waals surface area contributed by atoms with Crippen molar-refractivity contribution < 1.29 is 19.8 Å². The van der Waals surface area contributed by atoms with E-state index in [0.717, 1.165) is 0 Å². The van der Waals surface area contributed by atoms with Gasteiger partial charge in [-0.15, -0.1) is 0 Å². The minimum Gasteiger partial charge on any atom is -0.548 e. The predicted octanol–water partition coefficient (Wildman–Crippen LogP) is -3.91. The Labute approximate surface area is 86.0 Å². The molecule has 86 valence electrons. The number of hydrogen-bond acceptors (Lipinski definition) is 5. The Balaban J connectivity index is 3.92. The summed E-state index contributed by atoms with van der Waals surface area (Å²) in [6.07, 6.45) is -1.31. The van der Waals surface area contributed by atoms with Gasteiger partial charge in [-0.1, -0.05) is 0 Å². The van der Waals surface area contributed by atoms with E-state index in [4.69, 9.17) is 11.5 Å². The summed E-state index contributed by atoms with van der Waals surface area (Å²) in [5.41, 5.74) is 10.1. The van der Waals surface area contributed by atoms with Crippen LogP contribution in [-0.2, 0) is 4.79 Å². The first-order chi connectivity index (χ1) is 6.93. The van der Waals surface area contributed by atoms with Gasteiger partial charge in [-0.3, -0.25) is 4.99 Å². The molecular formula is C7H12N4O4-2. The van der Waals surface area contributed by atoms with Crippen LogP contribution in [-0.4, -0.2) is 30.6 Å². The third-order valence-corrected chi connectivity index (χ3v) is 1.52. The predicted molar refractivity (Wildman–Crippen MR) is 47.2 cm³/mol. The molecule has 0 saturated carbocycles. The molecule has 0 rings (SSSR count). The molecule has 1 atom stereocenters. The van der Waals surface area contributed by atoms with Gasteiger partial charge in [-0.2, -0.15) is 0 Å². The largest absolute Gasteiger partial charge is 0.548 e. The first-order valence-corrected chi connectivity index (χ1v) is 4.17. The van der Waals surface area contributed by atoms with Crippen molar-refractivity contribution in [2.75, 3.05) is 6.54 Å². The van der Waals surface area contributed by atoms with Crippen LogP contribution < -0.4 is 27.0 Å². The molecule has 15 heavy (non-hydrogen) atoms. The quantitative estimate of drug-likeness (QED) is 0.234. The van der Waals surface area contributed by atoms with Crippen LogP contribution in [0.3, 0.4) is 0 Å². The summed E-state index contributed by atoms with van der Waals surface area (Å²) >= 11 is 0. The summed E-state index contributed by atoms with van der Waals surface area (Å²) in [6.45, 7) is 0.223. The van der Waals surface area contributed by atoms with Gasteiger partial charge < -0.3 is 36.6 Å². The highest BCUT2D eigenvalue weighted by molar-refractivity contribution is 5.77. The van der Waals surface area contributed by atoms with Gasteiger partial charge in [0, 0.05) is 6.54 Å². The van der Waals surface area contributed by atoms with Crippen molar-refractivity contribution in [1.29, 1.82) is 0 Å². The van der Waals surface area contributed by atoms with Crippen LogP contribution in [0.15, 0.2) is 4.99 Å². The van der Waals surface area contributed by atoms with Gasteiger partial charge in [0.1, 0.15) is 6.09 Å². The van der Waals surface area contributed by atoms with Gasteiger partial charge in [-0.25, -0.2) is 0 Å². The number of carboxylic acid groups (broad SMARTS) is 2. The second-order valence-electron chi connectivity index (χ2n) is 2.75. The number of rotatable bonds is 6. The maximum Gasteiger partial charge on any atom is 0.185 e. The van der Waals surface area contributed by atoms with E-state index < -0.39 is 18.1 Å². The molecule has 1 unspecified atom stereocenters. The third kappa shape index (κ3) is 7.11. The van der Waals surface area contributed by atoms with Gasteiger partial charge in [0.15, 0.2) is 5.96 Å². The molecule has 0 bridgehead atoms. The van der Waals surface area contributed by atoms with Crippen molar-refractivity contribution in [2.24, 2.45) is 16.5 Å². The SMILES string of the molecule is NC(N)=NCCCC(NC(=O)[O-])C(=O)[O-]. The lowest BCUT2D eigenvalue weighted by molar-refractivity contribution is -0.310. The van der Waals surface area contributed by atoms with Gasteiger partial charge in [0.25, 0.3) is 0 Å². The van der Waals surface area contributed by atoms with Gasteiger partial charge in [-0.05, 0) is 12.8 Å². The van der Waals surface area contributed by atoms with Crippen LogP contribution >= 0.6 is 0 Å². The molecule has 0 aliphatic heterocycles. The van der Waals surface area contributed by atoms with Crippen LogP contribution in [0.25, 0.3) is 0 Å². The maximum atomic E-state index is 10.4. The highest BCUT2D eigenvalue weighted by Crippen LogP contribution is 1.96. The molecule has 0 aromatic carbocycles. The van der Waals surface area contributed by atoms with Crippen molar-refractivity contribution >= 4 is 18.0 Å². The zero-order valence-electron chi connectivity index (χ0n) is 7.93. The number of guanidine groups is 1. The minimum atomic E-state index is -1.66. The molecule has 0 fully saturated rings. The molecule has 8 heteroatoms. The van der Waals surface area contributed by atoms with E-state index in [1.54, 1.807) is 5.32 Å². The monoisotopic (exact) mass is 216 g/mol. The molecule has 0 saturated heterocycles. The second-order valence-corrected chi connectivity index (χ2v) is 2.75. The topological polar surface area (TPSA) is 157 Å². The number of nitrogens with two attached hydrogens (primary N) is 2. The molecule has 0 aliphatic carbocycles. The molecule has 5 N–H and O–H groups in total. The van der Waals surface area contributed by atoms with Crippen LogP contribution in [0.1, 0.15) is 12.8 Å². The number of amides is 1. The summed E-state index contributed by atoms with van der Waals surface area (Å²) < 4.78 is 0. The highest BCUT2D eigenvalue weighted by Gasteiger charge is 2.08. The smallest absolute Gasteiger partial charge is 0.185 e. The van der Waals surface area contributed by atoms with E-state index in [-0.39, 0.29) is 18.9 Å². The van der Waals surface area contributed by atoms with E-state index in [2.05, 4.69) is 4.99 Å². The van der Waals surface area contributed by atoms with Crippen LogP contribution in [0.5, 0.6) is 0 Å². The average Bonchev–Trinajstić information content (AvgIpc) is 2.08. The lowest BCUT2D eigenvalue weighted by Gasteiger charge is -2.20. The fraction of sp³-hybridized carbons (Fsp3) is 0.571. The Hall–Kier alpha value is -1.99. The zero-order chi connectivity index (χ0) is 11.8. The number of carbonyl (C=O) groups excluding carboxylic acids is 2. The molecule has 0 radical (unpaired) electrons. The van der Waals surface area contributed by atoms with Crippen molar-refractivity contribution in [3.05, 3.63) is 0 Å². The molecular weight excluding hydrogens is 204 g/mol. The van der Waals surface area contributed by atoms with Crippen LogP contribution in [0.4, 0.5) is 4.79 Å². The number of hydrogen-bond donors (Lipinski definition) is 3. The van der Waals surface area contributed by atoms with E-state index >= 15 is 0 Å². The van der Waals surface area contributed by atoms with Gasteiger partial charge in [0.2, 0.25) is 0 Å². The number of nitrogens with one attached hydrogen (secondary N) is 1. The van der Waals surface area contributed by atoms with E-state index in [1.807, 2.05) is 0 Å². The van der Waals surface area contributed by atoms with Crippen molar-refractivity contribution in [2.45, 2.75) is 18.9 Å². The fourth-order valence-electron chi connectivity index (χ4n) is 0.895. The van der Waals surface area contributed by atoms with E-state index in [1.165, 1.54) is 0 Å². The standard InChI is InChI=1S/C7H14N4O4/c8-6(9)10-3-1-2-4(5(12)13)11-7(14)15/h4,11H,1-3H2,(H,12,13)(H,14,15)(H4,8,9,10)/p-2. The van der Waals surface area contributed by atoms with Crippen molar-refractivity contribution in [1.82, 2.24) is 5.32 Å². The summed E-state index contributed by atoms with van der Waals surface area (Å²) in [6, 6.07) is -1.30. The first-order valence-electron chi connectivity index (χ1n) is 4.17. The average molecular weight is 216 g/mol. The van der Waals surface area contributed by atoms with Crippen LogP contribution in [0, 0.1) is 0 Å². The Morgan fingerprint density at radius 2 is 1.93 bits per heavy atom. The molecule has 0 heterocycles. The molecule has 0 aromatic rings. The lowest BCUT2D eigenvalue weighted by atomic mass is 10.1. The molecule has 8 nitrogen and oxygen atoms in total. The number of carboxylic acids is 1. The molecule has 1 amide bonds. The zero-order valence-corrected chi connectivity index (χ0v) is 7.93. The van der Waals surface area contributed by atoms with Crippen molar-refractivity contribution in [3.63, 3.8) is 0 Å². The molecule has 0 spiro atoms. The maximum absolute atomic E-state index is 10.4. The molecule has 0 aromatic heterocycles. The lowest BCUT2D eigenvalue weighted by Crippen LogP contribution is -2.51. The second kappa shape index (κ2) is 6.46. The van der Waals surface area contributed by atoms with E-state index in [9.17, 15) is 19.8 Å². The number of nitrogens with zero attached hydrogens (tertiary/aromatic N) is 1.